The van der Waals surface area contributed by atoms with Crippen molar-refractivity contribution in [1.29, 1.82) is 0 Å². The Balaban J connectivity index is 1.89. The molecule has 0 aliphatic heterocycles. The van der Waals surface area contributed by atoms with Crippen molar-refractivity contribution in [2.75, 3.05) is 11.9 Å². The molecule has 2 aromatic rings. The second kappa shape index (κ2) is 7.27. The van der Waals surface area contributed by atoms with E-state index in [9.17, 15) is 9.18 Å². The van der Waals surface area contributed by atoms with Crippen LogP contribution in [0.2, 0.25) is 5.02 Å². The molecule has 3 nitrogen and oxygen atoms in total. The molecule has 5 heteroatoms. The van der Waals surface area contributed by atoms with E-state index < -0.39 is 0 Å². The number of benzene rings is 2. The van der Waals surface area contributed by atoms with Gasteiger partial charge in [0.1, 0.15) is 5.82 Å². The molecule has 0 radical (unpaired) electrons. The molecule has 22 heavy (non-hydrogen) atoms. The van der Waals surface area contributed by atoms with Gasteiger partial charge in [0.05, 0.1) is 10.7 Å². The molecule has 0 saturated heterocycles. The zero-order valence-corrected chi connectivity index (χ0v) is 13.3. The van der Waals surface area contributed by atoms with E-state index in [1.165, 1.54) is 12.1 Å². The van der Waals surface area contributed by atoms with Crippen LogP contribution in [0.4, 0.5) is 14.9 Å². The van der Waals surface area contributed by atoms with Crippen molar-refractivity contribution >= 4 is 23.3 Å². The maximum Gasteiger partial charge on any atom is 0.319 e. The summed E-state index contributed by atoms with van der Waals surface area (Å²) in [5, 5.41) is 6.00. The summed E-state index contributed by atoms with van der Waals surface area (Å²) in [6, 6.07) is 9.76. The zero-order valence-electron chi connectivity index (χ0n) is 12.5. The van der Waals surface area contributed by atoms with Crippen molar-refractivity contribution in [3.8, 4) is 0 Å². The lowest BCUT2D eigenvalue weighted by atomic mass is 10.1. The summed E-state index contributed by atoms with van der Waals surface area (Å²) in [5.74, 6) is -0.274. The first-order valence-corrected chi connectivity index (χ1v) is 7.39. The first-order valence-electron chi connectivity index (χ1n) is 7.02. The molecule has 0 bridgehead atoms. The van der Waals surface area contributed by atoms with Crippen LogP contribution in [0.5, 0.6) is 0 Å². The Labute approximate surface area is 134 Å². The maximum absolute atomic E-state index is 13.0. The van der Waals surface area contributed by atoms with Crippen molar-refractivity contribution in [2.45, 2.75) is 20.3 Å². The minimum Gasteiger partial charge on any atom is -0.338 e. The predicted octanol–water partition coefficient (Wildman–Crippen LogP) is 4.46. The summed E-state index contributed by atoms with van der Waals surface area (Å²) in [7, 11) is 0. The van der Waals surface area contributed by atoms with Crippen molar-refractivity contribution in [3.05, 3.63) is 63.9 Å². The second-order valence-corrected chi connectivity index (χ2v) is 5.61. The molecule has 0 fully saturated rings. The van der Waals surface area contributed by atoms with E-state index in [0.717, 1.165) is 16.7 Å². The van der Waals surface area contributed by atoms with Crippen LogP contribution in [0.1, 0.15) is 16.7 Å². The van der Waals surface area contributed by atoms with Crippen molar-refractivity contribution < 1.29 is 9.18 Å². The van der Waals surface area contributed by atoms with Gasteiger partial charge >= 0.3 is 6.03 Å². The highest BCUT2D eigenvalue weighted by atomic mass is 35.5. The van der Waals surface area contributed by atoms with Gasteiger partial charge in [-0.15, -0.1) is 0 Å². The standard InChI is InChI=1S/C17H18ClFN2O/c1-11-8-12(2)16(15(18)9-11)21-17(22)20-7-6-13-4-3-5-14(19)10-13/h3-5,8-10H,6-7H2,1-2H3,(H2,20,21,22). The molecule has 0 aromatic heterocycles. The van der Waals surface area contributed by atoms with Gasteiger partial charge in [0.2, 0.25) is 0 Å². The first kappa shape index (κ1) is 16.3. The Morgan fingerprint density at radius 2 is 2.00 bits per heavy atom. The number of halogens is 2. The van der Waals surface area contributed by atoms with Gasteiger partial charge < -0.3 is 10.6 Å². The van der Waals surface area contributed by atoms with Gasteiger partial charge in [-0.05, 0) is 55.2 Å². The number of hydrogen-bond acceptors (Lipinski definition) is 1. The highest BCUT2D eigenvalue weighted by molar-refractivity contribution is 6.34. The van der Waals surface area contributed by atoms with Gasteiger partial charge in [-0.1, -0.05) is 29.8 Å². The molecule has 0 saturated carbocycles. The van der Waals surface area contributed by atoms with Crippen LogP contribution in [0.15, 0.2) is 36.4 Å². The molecule has 2 N–H and O–H groups in total. The van der Waals surface area contributed by atoms with Gasteiger partial charge in [-0.25, -0.2) is 9.18 Å². The van der Waals surface area contributed by atoms with Gasteiger partial charge in [0.15, 0.2) is 0 Å². The highest BCUT2D eigenvalue weighted by Gasteiger charge is 2.09. The Kier molecular flexibility index (Phi) is 5.39. The molecule has 0 heterocycles. The van der Waals surface area contributed by atoms with Gasteiger partial charge in [-0.2, -0.15) is 0 Å². The number of urea groups is 1. The summed E-state index contributed by atoms with van der Waals surface area (Å²) in [6.07, 6.45) is 0.561. The molecule has 0 unspecified atom stereocenters. The summed E-state index contributed by atoms with van der Waals surface area (Å²) < 4.78 is 13.0. The zero-order chi connectivity index (χ0) is 16.1. The molecule has 2 rings (SSSR count). The van der Waals surface area contributed by atoms with E-state index in [2.05, 4.69) is 10.6 Å². The minimum absolute atomic E-state index is 0.274. The fourth-order valence-corrected chi connectivity index (χ4v) is 2.61. The summed E-state index contributed by atoms with van der Waals surface area (Å²) in [4.78, 5) is 11.9. The molecule has 0 atom stereocenters. The fraction of sp³-hybridized carbons (Fsp3) is 0.235. The third-order valence-corrected chi connectivity index (χ3v) is 3.56. The van der Waals surface area contributed by atoms with E-state index in [4.69, 9.17) is 11.6 Å². The predicted molar refractivity (Wildman–Crippen MR) is 88.1 cm³/mol. The van der Waals surface area contributed by atoms with Crippen molar-refractivity contribution in [3.63, 3.8) is 0 Å². The fourth-order valence-electron chi connectivity index (χ4n) is 2.24. The third-order valence-electron chi connectivity index (χ3n) is 3.26. The normalized spacial score (nSPS) is 10.4. The van der Waals surface area contributed by atoms with E-state index >= 15 is 0 Å². The van der Waals surface area contributed by atoms with Crippen LogP contribution in [-0.4, -0.2) is 12.6 Å². The lowest BCUT2D eigenvalue weighted by Crippen LogP contribution is -2.30. The van der Waals surface area contributed by atoms with Crippen LogP contribution in [0.3, 0.4) is 0 Å². The van der Waals surface area contributed by atoms with Crippen LogP contribution < -0.4 is 10.6 Å². The van der Waals surface area contributed by atoms with E-state index in [-0.39, 0.29) is 11.8 Å². The number of nitrogens with one attached hydrogen (secondary N) is 2. The number of anilines is 1. The number of hydrogen-bond donors (Lipinski definition) is 2. The number of amides is 2. The first-order chi connectivity index (χ1) is 10.5. The lowest BCUT2D eigenvalue weighted by Gasteiger charge is -2.12. The molecule has 0 spiro atoms. The topological polar surface area (TPSA) is 41.1 Å². The van der Waals surface area contributed by atoms with Gasteiger partial charge in [0, 0.05) is 6.54 Å². The summed E-state index contributed by atoms with van der Waals surface area (Å²) in [5.41, 5.74) is 3.39. The lowest BCUT2D eigenvalue weighted by molar-refractivity contribution is 0.252. The van der Waals surface area contributed by atoms with E-state index in [0.29, 0.717) is 23.7 Å². The SMILES string of the molecule is Cc1cc(C)c(NC(=O)NCCc2cccc(F)c2)c(Cl)c1. The molecule has 116 valence electrons. The quantitative estimate of drug-likeness (QED) is 0.858. The summed E-state index contributed by atoms with van der Waals surface area (Å²) >= 11 is 6.14. The van der Waals surface area contributed by atoms with Crippen LogP contribution in [-0.2, 0) is 6.42 Å². The Morgan fingerprint density at radius 3 is 2.68 bits per heavy atom. The smallest absolute Gasteiger partial charge is 0.319 e. The number of rotatable bonds is 4. The Hall–Kier alpha value is -2.07. The average Bonchev–Trinajstić information content (AvgIpc) is 2.43. The molecular weight excluding hydrogens is 303 g/mol. The number of carbonyl (C=O) groups excluding carboxylic acids is 1. The molecule has 2 amide bonds. The van der Waals surface area contributed by atoms with Gasteiger partial charge in [-0.3, -0.25) is 0 Å². The van der Waals surface area contributed by atoms with Crippen LogP contribution in [0.25, 0.3) is 0 Å². The molecular formula is C17H18ClFN2O. The number of carbonyl (C=O) groups is 1. The second-order valence-electron chi connectivity index (χ2n) is 5.20. The van der Waals surface area contributed by atoms with E-state index in [1.807, 2.05) is 26.0 Å². The van der Waals surface area contributed by atoms with Crippen LogP contribution >= 0.6 is 11.6 Å². The largest absolute Gasteiger partial charge is 0.338 e. The van der Waals surface area contributed by atoms with Crippen molar-refractivity contribution in [1.82, 2.24) is 5.32 Å². The van der Waals surface area contributed by atoms with E-state index in [1.54, 1.807) is 12.1 Å². The number of aryl methyl sites for hydroxylation is 2. The van der Waals surface area contributed by atoms with Gasteiger partial charge in [0.25, 0.3) is 0 Å². The maximum atomic E-state index is 13.0. The Morgan fingerprint density at radius 1 is 1.23 bits per heavy atom. The summed E-state index contributed by atoms with van der Waals surface area (Å²) in [6.45, 7) is 4.25. The molecule has 0 aliphatic carbocycles. The highest BCUT2D eigenvalue weighted by Crippen LogP contribution is 2.27. The minimum atomic E-state index is -0.328. The molecule has 2 aromatic carbocycles. The third kappa shape index (κ3) is 4.46. The van der Waals surface area contributed by atoms with Crippen LogP contribution in [0, 0.1) is 19.7 Å². The Bertz CT molecular complexity index is 665. The molecule has 0 aliphatic rings. The van der Waals surface area contributed by atoms with Crippen molar-refractivity contribution in [2.24, 2.45) is 0 Å². The average molecular weight is 321 g/mol. The monoisotopic (exact) mass is 320 g/mol.